The summed E-state index contributed by atoms with van der Waals surface area (Å²) in [6, 6.07) is 19.4. The smallest absolute Gasteiger partial charge is 0.282 e. The van der Waals surface area contributed by atoms with Crippen LogP contribution in [0.15, 0.2) is 72.4 Å². The molecule has 1 heterocycles. The minimum atomic E-state index is -0.482. The number of methoxy groups -OCH3 is 2. The number of imide groups is 1. The number of amides is 2. The zero-order valence-corrected chi connectivity index (χ0v) is 18.6. The molecule has 2 amide bonds. The first-order valence-corrected chi connectivity index (χ1v) is 10.3. The second kappa shape index (κ2) is 8.77. The third kappa shape index (κ3) is 3.69. The Morgan fingerprint density at radius 3 is 2.31 bits per heavy atom. The van der Waals surface area contributed by atoms with Crippen LogP contribution < -0.4 is 19.7 Å². The summed E-state index contributed by atoms with van der Waals surface area (Å²) >= 11 is 6.27. The topological polar surface area (TPSA) is 67.9 Å². The van der Waals surface area contributed by atoms with E-state index in [4.69, 9.17) is 21.1 Å². The fourth-order valence-electron chi connectivity index (χ4n) is 3.62. The normalized spacial score (nSPS) is 13.6. The standard InChI is InChI=1S/C25H21ClN2O4/c1-15-18(26)10-7-11-20(15)28-24(29)22(16-8-5-4-6-9-16)23(25(28)30)27-19-14-17(31-2)12-13-21(19)32-3/h4-14,27H,1-3H3. The van der Waals surface area contributed by atoms with Crippen molar-refractivity contribution >= 4 is 40.4 Å². The van der Waals surface area contributed by atoms with Crippen LogP contribution >= 0.6 is 11.6 Å². The zero-order valence-electron chi connectivity index (χ0n) is 17.8. The quantitative estimate of drug-likeness (QED) is 0.534. The van der Waals surface area contributed by atoms with E-state index >= 15 is 0 Å². The molecule has 3 aromatic carbocycles. The molecule has 1 N–H and O–H groups in total. The van der Waals surface area contributed by atoms with Crippen LogP contribution in [0.4, 0.5) is 11.4 Å². The van der Waals surface area contributed by atoms with Gasteiger partial charge >= 0.3 is 0 Å². The van der Waals surface area contributed by atoms with Crippen molar-refractivity contribution in [1.29, 1.82) is 0 Å². The van der Waals surface area contributed by atoms with Gasteiger partial charge < -0.3 is 14.8 Å². The third-order valence-electron chi connectivity index (χ3n) is 5.29. The van der Waals surface area contributed by atoms with E-state index in [1.54, 1.807) is 62.6 Å². The van der Waals surface area contributed by atoms with Crippen molar-refractivity contribution in [3.63, 3.8) is 0 Å². The van der Waals surface area contributed by atoms with Crippen molar-refractivity contribution in [2.24, 2.45) is 0 Å². The number of ether oxygens (including phenoxy) is 2. The van der Waals surface area contributed by atoms with Crippen LogP contribution in [0.3, 0.4) is 0 Å². The fourth-order valence-corrected chi connectivity index (χ4v) is 3.79. The second-order valence-electron chi connectivity index (χ2n) is 7.14. The van der Waals surface area contributed by atoms with Crippen LogP contribution in [0.1, 0.15) is 11.1 Å². The van der Waals surface area contributed by atoms with Gasteiger partial charge in [0.1, 0.15) is 17.2 Å². The third-order valence-corrected chi connectivity index (χ3v) is 5.70. The Kier molecular flexibility index (Phi) is 5.88. The summed E-state index contributed by atoms with van der Waals surface area (Å²) in [6.45, 7) is 1.77. The van der Waals surface area contributed by atoms with E-state index in [0.29, 0.717) is 39.0 Å². The molecule has 0 aromatic heterocycles. The lowest BCUT2D eigenvalue weighted by molar-refractivity contribution is -0.120. The number of halogens is 1. The number of rotatable bonds is 6. The largest absolute Gasteiger partial charge is 0.497 e. The Labute approximate surface area is 191 Å². The second-order valence-corrected chi connectivity index (χ2v) is 7.54. The Bertz CT molecular complexity index is 1240. The van der Waals surface area contributed by atoms with Crippen molar-refractivity contribution < 1.29 is 19.1 Å². The van der Waals surface area contributed by atoms with Crippen molar-refractivity contribution in [1.82, 2.24) is 0 Å². The summed E-state index contributed by atoms with van der Waals surface area (Å²) in [4.78, 5) is 28.3. The molecule has 0 saturated heterocycles. The van der Waals surface area contributed by atoms with Gasteiger partial charge in [0.2, 0.25) is 0 Å². The number of benzene rings is 3. The minimum absolute atomic E-state index is 0.145. The molecule has 0 fully saturated rings. The summed E-state index contributed by atoms with van der Waals surface area (Å²) in [5.74, 6) is 0.165. The van der Waals surface area contributed by atoms with E-state index in [9.17, 15) is 9.59 Å². The van der Waals surface area contributed by atoms with Gasteiger partial charge in [-0.3, -0.25) is 9.59 Å². The van der Waals surface area contributed by atoms with Gasteiger partial charge in [0.05, 0.1) is 31.2 Å². The van der Waals surface area contributed by atoms with E-state index in [1.165, 1.54) is 7.11 Å². The van der Waals surface area contributed by atoms with E-state index in [2.05, 4.69) is 5.32 Å². The first kappa shape index (κ1) is 21.5. The summed E-state index contributed by atoms with van der Waals surface area (Å²) in [6.07, 6.45) is 0. The van der Waals surface area contributed by atoms with Crippen LogP contribution in [0.25, 0.3) is 5.57 Å². The molecule has 1 aliphatic rings. The molecule has 0 atom stereocenters. The highest BCUT2D eigenvalue weighted by atomic mass is 35.5. The predicted molar refractivity (Wildman–Crippen MR) is 125 cm³/mol. The Morgan fingerprint density at radius 1 is 0.875 bits per heavy atom. The molecule has 0 aliphatic carbocycles. The lowest BCUT2D eigenvalue weighted by atomic mass is 10.0. The molecule has 0 spiro atoms. The maximum atomic E-state index is 13.6. The first-order valence-electron chi connectivity index (χ1n) is 9.89. The van der Waals surface area contributed by atoms with Gasteiger partial charge in [-0.2, -0.15) is 0 Å². The average Bonchev–Trinajstić information content (AvgIpc) is 3.05. The first-order chi connectivity index (χ1) is 15.5. The molecular weight excluding hydrogens is 428 g/mol. The fraction of sp³-hybridized carbons (Fsp3) is 0.120. The number of nitrogens with one attached hydrogen (secondary N) is 1. The van der Waals surface area contributed by atoms with E-state index in [-0.39, 0.29) is 11.3 Å². The monoisotopic (exact) mass is 448 g/mol. The number of hydrogen-bond acceptors (Lipinski definition) is 5. The summed E-state index contributed by atoms with van der Waals surface area (Å²) in [5, 5.41) is 3.60. The average molecular weight is 449 g/mol. The molecule has 3 aromatic rings. The summed E-state index contributed by atoms with van der Waals surface area (Å²) < 4.78 is 10.7. The number of carbonyl (C=O) groups excluding carboxylic acids is 2. The molecule has 0 radical (unpaired) electrons. The molecule has 6 nitrogen and oxygen atoms in total. The zero-order chi connectivity index (χ0) is 22.8. The summed E-state index contributed by atoms with van der Waals surface area (Å²) in [7, 11) is 3.08. The van der Waals surface area contributed by atoms with Crippen molar-refractivity contribution in [2.75, 3.05) is 24.4 Å². The van der Waals surface area contributed by atoms with Crippen LogP contribution in [-0.4, -0.2) is 26.0 Å². The molecule has 0 saturated carbocycles. The van der Waals surface area contributed by atoms with Gasteiger partial charge in [-0.05, 0) is 42.3 Å². The van der Waals surface area contributed by atoms with Gasteiger partial charge in [-0.1, -0.05) is 48.0 Å². The van der Waals surface area contributed by atoms with E-state index < -0.39 is 11.8 Å². The Morgan fingerprint density at radius 2 is 1.62 bits per heavy atom. The molecule has 7 heteroatoms. The maximum Gasteiger partial charge on any atom is 0.282 e. The highest BCUT2D eigenvalue weighted by Crippen LogP contribution is 2.38. The van der Waals surface area contributed by atoms with E-state index in [0.717, 1.165) is 4.90 Å². The van der Waals surface area contributed by atoms with Crippen LogP contribution in [0, 0.1) is 6.92 Å². The molecule has 0 bridgehead atoms. The van der Waals surface area contributed by atoms with Gasteiger partial charge in [0.15, 0.2) is 0 Å². The number of anilines is 2. The number of carbonyl (C=O) groups is 2. The Balaban J connectivity index is 1.87. The maximum absolute atomic E-state index is 13.6. The Hall–Kier alpha value is -3.77. The van der Waals surface area contributed by atoms with Gasteiger partial charge in [-0.15, -0.1) is 0 Å². The van der Waals surface area contributed by atoms with E-state index in [1.807, 2.05) is 18.2 Å². The van der Waals surface area contributed by atoms with Crippen LogP contribution in [-0.2, 0) is 9.59 Å². The molecular formula is C25H21ClN2O4. The molecule has 0 unspecified atom stereocenters. The molecule has 4 rings (SSSR count). The SMILES string of the molecule is COc1ccc(OC)c(NC2=C(c3ccccc3)C(=O)N(c3cccc(Cl)c3C)C2=O)c1. The van der Waals surface area contributed by atoms with Crippen LogP contribution in [0.5, 0.6) is 11.5 Å². The molecule has 162 valence electrons. The van der Waals surface area contributed by atoms with Crippen LogP contribution in [0.2, 0.25) is 5.02 Å². The predicted octanol–water partition coefficient (Wildman–Crippen LogP) is 5.06. The lowest BCUT2D eigenvalue weighted by Crippen LogP contribution is -2.33. The number of hydrogen-bond donors (Lipinski definition) is 1. The molecule has 32 heavy (non-hydrogen) atoms. The molecule has 1 aliphatic heterocycles. The van der Waals surface area contributed by atoms with Crippen molar-refractivity contribution in [3.05, 3.63) is 88.6 Å². The minimum Gasteiger partial charge on any atom is -0.497 e. The van der Waals surface area contributed by atoms with Gasteiger partial charge in [-0.25, -0.2) is 4.90 Å². The van der Waals surface area contributed by atoms with Crippen molar-refractivity contribution in [2.45, 2.75) is 6.92 Å². The van der Waals surface area contributed by atoms with Gasteiger partial charge in [0, 0.05) is 11.1 Å². The summed E-state index contributed by atoms with van der Waals surface area (Å²) in [5.41, 5.74) is 2.62. The highest BCUT2D eigenvalue weighted by Gasteiger charge is 2.41. The highest BCUT2D eigenvalue weighted by molar-refractivity contribution is 6.46. The van der Waals surface area contributed by atoms with Gasteiger partial charge in [0.25, 0.3) is 11.8 Å². The number of nitrogens with zero attached hydrogens (tertiary/aromatic N) is 1. The van der Waals surface area contributed by atoms with Crippen molar-refractivity contribution in [3.8, 4) is 11.5 Å². The lowest BCUT2D eigenvalue weighted by Gasteiger charge is -2.19.